The van der Waals surface area contributed by atoms with Gasteiger partial charge >= 0.3 is 0 Å². The monoisotopic (exact) mass is 271 g/mol. The lowest BCUT2D eigenvalue weighted by molar-refractivity contribution is 0.607. The van der Waals surface area contributed by atoms with E-state index >= 15 is 0 Å². The molecule has 2 aromatic rings. The highest BCUT2D eigenvalue weighted by molar-refractivity contribution is 5.43. The third-order valence-electron chi connectivity index (χ3n) is 4.01. The topological polar surface area (TPSA) is 12.0 Å². The first-order chi connectivity index (χ1) is 9.43. The Morgan fingerprint density at radius 2 is 1.50 bits per heavy atom. The summed E-state index contributed by atoms with van der Waals surface area (Å²) in [6, 6.07) is 9.87. The lowest BCUT2D eigenvalue weighted by Crippen LogP contribution is -2.19. The van der Waals surface area contributed by atoms with Gasteiger partial charge in [-0.15, -0.1) is 0 Å². The Morgan fingerprint density at radius 3 is 2.10 bits per heavy atom. The van der Waals surface area contributed by atoms with Crippen LogP contribution in [0.5, 0.6) is 0 Å². The average molecular weight is 271 g/mol. The van der Waals surface area contributed by atoms with Crippen molar-refractivity contribution in [3.63, 3.8) is 0 Å². The molecule has 0 amide bonds. The van der Waals surface area contributed by atoms with E-state index in [0.717, 1.165) is 5.56 Å². The lowest BCUT2D eigenvalue weighted by atomic mass is 9.91. The fraction of sp³-hybridized carbons (Fsp3) is 0.333. The summed E-state index contributed by atoms with van der Waals surface area (Å²) in [6.07, 6.45) is 0. The zero-order chi connectivity index (χ0) is 14.9. The largest absolute Gasteiger partial charge is 0.309 e. The first kappa shape index (κ1) is 14.7. The number of benzene rings is 2. The van der Waals surface area contributed by atoms with Gasteiger partial charge in [0.05, 0.1) is 6.04 Å². The van der Waals surface area contributed by atoms with Gasteiger partial charge in [-0.3, -0.25) is 0 Å². The lowest BCUT2D eigenvalue weighted by Gasteiger charge is -2.21. The van der Waals surface area contributed by atoms with Crippen LogP contribution >= 0.6 is 0 Å². The fourth-order valence-corrected chi connectivity index (χ4v) is 2.58. The standard InChI is InChI=1S/C18H22FN/c1-11-6-7-15(10-17(11)19)18(20-5)16-9-13(3)12(2)8-14(16)4/h6-10,18,20H,1-5H3. The molecule has 0 aromatic heterocycles. The first-order valence-electron chi connectivity index (χ1n) is 6.95. The summed E-state index contributed by atoms with van der Waals surface area (Å²) >= 11 is 0. The van der Waals surface area contributed by atoms with Crippen LogP contribution in [0.25, 0.3) is 0 Å². The molecule has 0 bridgehead atoms. The van der Waals surface area contributed by atoms with Gasteiger partial charge in [0.25, 0.3) is 0 Å². The molecule has 0 fully saturated rings. The van der Waals surface area contributed by atoms with Crippen molar-refractivity contribution in [2.45, 2.75) is 33.7 Å². The zero-order valence-electron chi connectivity index (χ0n) is 12.8. The summed E-state index contributed by atoms with van der Waals surface area (Å²) in [7, 11) is 1.91. The number of hydrogen-bond acceptors (Lipinski definition) is 1. The highest BCUT2D eigenvalue weighted by atomic mass is 19.1. The molecule has 0 aliphatic carbocycles. The third-order valence-corrected chi connectivity index (χ3v) is 4.01. The minimum atomic E-state index is -0.149. The van der Waals surface area contributed by atoms with E-state index in [9.17, 15) is 4.39 Å². The Labute approximate surface area is 120 Å². The number of halogens is 1. The maximum absolute atomic E-state index is 13.8. The van der Waals surface area contributed by atoms with Crippen molar-refractivity contribution >= 4 is 0 Å². The van der Waals surface area contributed by atoms with Crippen LogP contribution in [0.2, 0.25) is 0 Å². The molecule has 1 unspecified atom stereocenters. The van der Waals surface area contributed by atoms with Gasteiger partial charge in [0.1, 0.15) is 5.82 Å². The van der Waals surface area contributed by atoms with Crippen molar-refractivity contribution in [2.24, 2.45) is 0 Å². The molecular formula is C18H22FN. The number of rotatable bonds is 3. The van der Waals surface area contributed by atoms with Crippen LogP contribution in [-0.4, -0.2) is 7.05 Å². The molecule has 2 aromatic carbocycles. The van der Waals surface area contributed by atoms with Crippen LogP contribution in [0.1, 0.15) is 39.4 Å². The second kappa shape index (κ2) is 5.76. The maximum atomic E-state index is 13.8. The van der Waals surface area contributed by atoms with Crippen LogP contribution in [0, 0.1) is 33.5 Å². The van der Waals surface area contributed by atoms with E-state index in [-0.39, 0.29) is 11.9 Å². The molecule has 0 aliphatic heterocycles. The molecule has 1 nitrogen and oxygen atoms in total. The Balaban J connectivity index is 2.52. The van der Waals surface area contributed by atoms with Crippen molar-refractivity contribution in [3.05, 3.63) is 69.5 Å². The van der Waals surface area contributed by atoms with E-state index in [2.05, 4.69) is 38.2 Å². The highest BCUT2D eigenvalue weighted by Crippen LogP contribution is 2.28. The van der Waals surface area contributed by atoms with Crippen molar-refractivity contribution in [1.82, 2.24) is 5.32 Å². The number of aryl methyl sites for hydroxylation is 4. The van der Waals surface area contributed by atoms with E-state index < -0.39 is 0 Å². The molecule has 0 heterocycles. The molecule has 0 radical (unpaired) electrons. The zero-order valence-corrected chi connectivity index (χ0v) is 12.8. The van der Waals surface area contributed by atoms with Gasteiger partial charge in [-0.05, 0) is 74.2 Å². The molecule has 1 N–H and O–H groups in total. The van der Waals surface area contributed by atoms with E-state index in [1.54, 1.807) is 13.0 Å². The van der Waals surface area contributed by atoms with E-state index in [1.165, 1.54) is 22.3 Å². The molecule has 0 saturated heterocycles. The van der Waals surface area contributed by atoms with Gasteiger partial charge < -0.3 is 5.32 Å². The smallest absolute Gasteiger partial charge is 0.126 e. The van der Waals surface area contributed by atoms with Crippen LogP contribution in [0.15, 0.2) is 30.3 Å². The van der Waals surface area contributed by atoms with Gasteiger partial charge in [-0.25, -0.2) is 4.39 Å². The third kappa shape index (κ3) is 2.75. The van der Waals surface area contributed by atoms with Crippen molar-refractivity contribution in [1.29, 1.82) is 0 Å². The van der Waals surface area contributed by atoms with E-state index in [1.807, 2.05) is 19.2 Å². The minimum Gasteiger partial charge on any atom is -0.309 e. The van der Waals surface area contributed by atoms with Gasteiger partial charge in [-0.2, -0.15) is 0 Å². The van der Waals surface area contributed by atoms with Crippen molar-refractivity contribution in [3.8, 4) is 0 Å². The Bertz CT molecular complexity index is 632. The van der Waals surface area contributed by atoms with Gasteiger partial charge in [-0.1, -0.05) is 24.3 Å². The summed E-state index contributed by atoms with van der Waals surface area (Å²) in [5.74, 6) is -0.149. The normalized spacial score (nSPS) is 12.5. The molecule has 0 aliphatic rings. The quantitative estimate of drug-likeness (QED) is 0.874. The molecule has 0 saturated carbocycles. The number of nitrogens with one attached hydrogen (secondary N) is 1. The Morgan fingerprint density at radius 1 is 0.850 bits per heavy atom. The predicted molar refractivity (Wildman–Crippen MR) is 82.7 cm³/mol. The molecule has 2 heteroatoms. The van der Waals surface area contributed by atoms with Crippen LogP contribution < -0.4 is 5.32 Å². The summed E-state index contributed by atoms with van der Waals surface area (Å²) in [5.41, 5.74) is 6.63. The summed E-state index contributed by atoms with van der Waals surface area (Å²) in [6.45, 7) is 8.12. The molecular weight excluding hydrogens is 249 g/mol. The van der Waals surface area contributed by atoms with Crippen molar-refractivity contribution < 1.29 is 4.39 Å². The Hall–Kier alpha value is -1.67. The SMILES string of the molecule is CNC(c1ccc(C)c(F)c1)c1cc(C)c(C)cc1C. The molecule has 2 rings (SSSR count). The van der Waals surface area contributed by atoms with Crippen LogP contribution in [0.4, 0.5) is 4.39 Å². The van der Waals surface area contributed by atoms with Crippen LogP contribution in [-0.2, 0) is 0 Å². The molecule has 106 valence electrons. The van der Waals surface area contributed by atoms with Crippen LogP contribution in [0.3, 0.4) is 0 Å². The molecule has 1 atom stereocenters. The number of hydrogen-bond donors (Lipinski definition) is 1. The highest BCUT2D eigenvalue weighted by Gasteiger charge is 2.16. The Kier molecular flexibility index (Phi) is 4.24. The molecule has 0 spiro atoms. The van der Waals surface area contributed by atoms with Crippen molar-refractivity contribution in [2.75, 3.05) is 7.05 Å². The minimum absolute atomic E-state index is 0.0180. The van der Waals surface area contributed by atoms with E-state index in [0.29, 0.717) is 5.56 Å². The summed E-state index contributed by atoms with van der Waals surface area (Å²) < 4.78 is 13.8. The predicted octanol–water partition coefficient (Wildman–Crippen LogP) is 4.37. The van der Waals surface area contributed by atoms with Gasteiger partial charge in [0.15, 0.2) is 0 Å². The fourth-order valence-electron chi connectivity index (χ4n) is 2.58. The summed E-state index contributed by atoms with van der Waals surface area (Å²) in [5, 5.41) is 3.30. The first-order valence-corrected chi connectivity index (χ1v) is 6.95. The second-order valence-electron chi connectivity index (χ2n) is 5.52. The molecule has 20 heavy (non-hydrogen) atoms. The summed E-state index contributed by atoms with van der Waals surface area (Å²) in [4.78, 5) is 0. The van der Waals surface area contributed by atoms with Gasteiger partial charge in [0.2, 0.25) is 0 Å². The van der Waals surface area contributed by atoms with Gasteiger partial charge in [0, 0.05) is 0 Å². The maximum Gasteiger partial charge on any atom is 0.126 e. The van der Waals surface area contributed by atoms with E-state index in [4.69, 9.17) is 0 Å². The average Bonchev–Trinajstić information content (AvgIpc) is 2.40. The second-order valence-corrected chi connectivity index (χ2v) is 5.52.